The van der Waals surface area contributed by atoms with Crippen molar-refractivity contribution in [1.29, 1.82) is 0 Å². The third-order valence-corrected chi connectivity index (χ3v) is 2.86. The topological polar surface area (TPSA) is 44.5 Å². The van der Waals surface area contributed by atoms with Crippen molar-refractivity contribution in [2.75, 3.05) is 6.54 Å². The Kier molecular flexibility index (Phi) is 4.56. The van der Waals surface area contributed by atoms with E-state index in [1.165, 1.54) is 0 Å². The van der Waals surface area contributed by atoms with E-state index < -0.39 is 0 Å². The van der Waals surface area contributed by atoms with Crippen molar-refractivity contribution in [3.63, 3.8) is 0 Å². The number of rotatable bonds is 4. The summed E-state index contributed by atoms with van der Waals surface area (Å²) in [5.41, 5.74) is 5.43. The van der Waals surface area contributed by atoms with Gasteiger partial charge in [-0.3, -0.25) is 0 Å². The van der Waals surface area contributed by atoms with Crippen molar-refractivity contribution in [2.45, 2.75) is 65.0 Å². The minimum atomic E-state index is -0.0651. The van der Waals surface area contributed by atoms with Gasteiger partial charge in [-0.1, -0.05) is 13.8 Å². The first-order valence-electron chi connectivity index (χ1n) is 5.98. The van der Waals surface area contributed by atoms with Gasteiger partial charge in [-0.05, 0) is 39.2 Å². The summed E-state index contributed by atoms with van der Waals surface area (Å²) in [5, 5.41) is 0. The molecule has 2 unspecified atom stereocenters. The van der Waals surface area contributed by atoms with Crippen LogP contribution in [0.25, 0.3) is 0 Å². The van der Waals surface area contributed by atoms with Crippen molar-refractivity contribution < 1.29 is 9.47 Å². The normalized spacial score (nSPS) is 30.8. The Balaban J connectivity index is 2.52. The molecule has 3 nitrogen and oxygen atoms in total. The molecular formula is C12H25NO2. The van der Waals surface area contributed by atoms with Gasteiger partial charge in [-0.15, -0.1) is 0 Å². The van der Waals surface area contributed by atoms with Gasteiger partial charge in [0.1, 0.15) is 0 Å². The van der Waals surface area contributed by atoms with E-state index in [-0.39, 0.29) is 11.9 Å². The van der Waals surface area contributed by atoms with E-state index in [1.54, 1.807) is 0 Å². The van der Waals surface area contributed by atoms with Crippen LogP contribution >= 0.6 is 0 Å². The van der Waals surface area contributed by atoms with E-state index in [1.807, 2.05) is 0 Å². The van der Waals surface area contributed by atoms with Crippen molar-refractivity contribution >= 4 is 0 Å². The molecule has 0 aromatic heterocycles. The zero-order valence-corrected chi connectivity index (χ0v) is 10.5. The molecule has 15 heavy (non-hydrogen) atoms. The van der Waals surface area contributed by atoms with Crippen LogP contribution in [0.1, 0.15) is 47.0 Å². The zero-order chi connectivity index (χ0) is 11.5. The molecule has 0 saturated carbocycles. The highest BCUT2D eigenvalue weighted by Crippen LogP contribution is 2.32. The van der Waals surface area contributed by atoms with Gasteiger partial charge in [-0.25, -0.2) is 0 Å². The monoisotopic (exact) mass is 215 g/mol. The largest absolute Gasteiger partial charge is 0.349 e. The Morgan fingerprint density at radius 2 is 2.07 bits per heavy atom. The molecule has 2 atom stereocenters. The van der Waals surface area contributed by atoms with E-state index in [4.69, 9.17) is 15.2 Å². The van der Waals surface area contributed by atoms with E-state index in [9.17, 15) is 0 Å². The lowest BCUT2D eigenvalue weighted by Crippen LogP contribution is -2.45. The molecule has 1 fully saturated rings. The van der Waals surface area contributed by atoms with Crippen LogP contribution in [0.4, 0.5) is 0 Å². The average Bonchev–Trinajstić information content (AvgIpc) is 2.12. The van der Waals surface area contributed by atoms with Crippen LogP contribution in [-0.2, 0) is 9.47 Å². The molecule has 2 N–H and O–H groups in total. The molecule has 0 amide bonds. The maximum Gasteiger partial charge on any atom is 0.158 e. The summed E-state index contributed by atoms with van der Waals surface area (Å²) in [6.45, 7) is 9.38. The quantitative estimate of drug-likeness (QED) is 0.782. The summed E-state index contributed by atoms with van der Waals surface area (Å²) >= 11 is 0. The summed E-state index contributed by atoms with van der Waals surface area (Å²) in [5.74, 6) is 0.550. The Morgan fingerprint density at radius 1 is 1.40 bits per heavy atom. The molecule has 3 heteroatoms. The Hall–Kier alpha value is -0.120. The van der Waals surface area contributed by atoms with Crippen LogP contribution in [0.2, 0.25) is 0 Å². The highest BCUT2D eigenvalue weighted by atomic mass is 16.7. The van der Waals surface area contributed by atoms with Crippen LogP contribution in [0, 0.1) is 5.92 Å². The lowest BCUT2D eigenvalue weighted by Gasteiger charge is -2.42. The van der Waals surface area contributed by atoms with Crippen LogP contribution in [0.3, 0.4) is 0 Å². The van der Waals surface area contributed by atoms with Crippen molar-refractivity contribution in [3.05, 3.63) is 0 Å². The highest BCUT2D eigenvalue weighted by Gasteiger charge is 2.36. The summed E-state index contributed by atoms with van der Waals surface area (Å²) < 4.78 is 11.8. The van der Waals surface area contributed by atoms with Gasteiger partial charge in [0, 0.05) is 6.42 Å². The summed E-state index contributed by atoms with van der Waals surface area (Å²) in [7, 11) is 0. The maximum atomic E-state index is 5.91. The molecule has 0 radical (unpaired) electrons. The third-order valence-electron chi connectivity index (χ3n) is 2.86. The number of hydrogen-bond acceptors (Lipinski definition) is 3. The van der Waals surface area contributed by atoms with Crippen molar-refractivity contribution in [1.82, 2.24) is 0 Å². The SMILES string of the molecule is CC(C)C1CC(C)(C)OC(CCCN)O1. The first-order valence-corrected chi connectivity index (χ1v) is 5.98. The minimum Gasteiger partial charge on any atom is -0.349 e. The lowest BCUT2D eigenvalue weighted by atomic mass is 9.92. The number of ether oxygens (including phenoxy) is 2. The molecule has 0 aliphatic carbocycles. The van der Waals surface area contributed by atoms with E-state index >= 15 is 0 Å². The fourth-order valence-corrected chi connectivity index (χ4v) is 1.96. The molecule has 1 heterocycles. The third kappa shape index (κ3) is 4.09. The predicted molar refractivity (Wildman–Crippen MR) is 61.6 cm³/mol. The zero-order valence-electron chi connectivity index (χ0n) is 10.5. The minimum absolute atomic E-state index is 0.0630. The van der Waals surface area contributed by atoms with Gasteiger partial charge in [0.05, 0.1) is 11.7 Å². The fourth-order valence-electron chi connectivity index (χ4n) is 1.96. The summed E-state index contributed by atoms with van der Waals surface area (Å²) in [6.07, 6.45) is 3.10. The van der Waals surface area contributed by atoms with Gasteiger partial charge in [0.25, 0.3) is 0 Å². The Bertz CT molecular complexity index is 192. The maximum absolute atomic E-state index is 5.91. The molecule has 90 valence electrons. The van der Waals surface area contributed by atoms with E-state index in [0.29, 0.717) is 18.6 Å². The molecule has 1 aliphatic heterocycles. The van der Waals surface area contributed by atoms with Gasteiger partial charge in [0.15, 0.2) is 6.29 Å². The van der Waals surface area contributed by atoms with Gasteiger partial charge >= 0.3 is 0 Å². The summed E-state index contributed by atoms with van der Waals surface area (Å²) in [6, 6.07) is 0. The van der Waals surface area contributed by atoms with Gasteiger partial charge in [-0.2, -0.15) is 0 Å². The predicted octanol–water partition coefficient (Wildman–Crippen LogP) is 2.29. The Morgan fingerprint density at radius 3 is 2.60 bits per heavy atom. The van der Waals surface area contributed by atoms with Crippen LogP contribution < -0.4 is 5.73 Å². The highest BCUT2D eigenvalue weighted by molar-refractivity contribution is 4.81. The standard InChI is InChI=1S/C12H25NO2/c1-9(2)10-8-12(3,4)15-11(14-10)6-5-7-13/h9-11H,5-8,13H2,1-4H3. The molecule has 1 saturated heterocycles. The molecule has 0 spiro atoms. The van der Waals surface area contributed by atoms with Gasteiger partial charge in [0.2, 0.25) is 0 Å². The van der Waals surface area contributed by atoms with E-state index in [2.05, 4.69) is 27.7 Å². The first-order chi connectivity index (χ1) is 6.94. The number of nitrogens with two attached hydrogens (primary N) is 1. The Labute approximate surface area is 93.3 Å². The second-order valence-electron chi connectivity index (χ2n) is 5.36. The second-order valence-corrected chi connectivity index (χ2v) is 5.36. The average molecular weight is 215 g/mol. The van der Waals surface area contributed by atoms with Gasteiger partial charge < -0.3 is 15.2 Å². The molecular weight excluding hydrogens is 190 g/mol. The second kappa shape index (κ2) is 5.28. The molecule has 0 aromatic carbocycles. The number of hydrogen-bond donors (Lipinski definition) is 1. The van der Waals surface area contributed by atoms with Crippen molar-refractivity contribution in [3.8, 4) is 0 Å². The smallest absolute Gasteiger partial charge is 0.158 e. The van der Waals surface area contributed by atoms with E-state index in [0.717, 1.165) is 19.3 Å². The first kappa shape index (κ1) is 12.9. The van der Waals surface area contributed by atoms with Crippen LogP contribution in [0.15, 0.2) is 0 Å². The lowest BCUT2D eigenvalue weighted by molar-refractivity contribution is -0.281. The molecule has 0 aromatic rings. The van der Waals surface area contributed by atoms with Crippen LogP contribution in [0.5, 0.6) is 0 Å². The molecule has 0 bridgehead atoms. The van der Waals surface area contributed by atoms with Crippen molar-refractivity contribution in [2.24, 2.45) is 11.7 Å². The van der Waals surface area contributed by atoms with Crippen LogP contribution in [-0.4, -0.2) is 24.5 Å². The fraction of sp³-hybridized carbons (Fsp3) is 1.00. The summed E-state index contributed by atoms with van der Waals surface area (Å²) in [4.78, 5) is 0. The molecule has 1 aliphatic rings. The molecule has 1 rings (SSSR count).